The molecule has 0 bridgehead atoms. The molecule has 1 N–H and O–H groups in total. The molecule has 2 unspecified atom stereocenters. The number of methoxy groups -OCH3 is 2. The summed E-state index contributed by atoms with van der Waals surface area (Å²) in [5.41, 5.74) is 1.27. The van der Waals surface area contributed by atoms with E-state index in [4.69, 9.17) is 9.47 Å². The zero-order valence-electron chi connectivity index (χ0n) is 12.3. The standard InChI is InChI=1S/C15H24N2O2/c1-17(2)15(12-6-5-9-16-12)11-7-8-13(18-3)14(10-11)19-4/h7-8,10,12,15-16H,5-6,9H2,1-4H3. The van der Waals surface area contributed by atoms with Crippen molar-refractivity contribution in [1.82, 2.24) is 10.2 Å². The van der Waals surface area contributed by atoms with E-state index in [0.29, 0.717) is 12.1 Å². The summed E-state index contributed by atoms with van der Waals surface area (Å²) in [5, 5.41) is 3.59. The van der Waals surface area contributed by atoms with Crippen molar-refractivity contribution < 1.29 is 9.47 Å². The summed E-state index contributed by atoms with van der Waals surface area (Å²) >= 11 is 0. The van der Waals surface area contributed by atoms with Crippen LogP contribution in [0.25, 0.3) is 0 Å². The average Bonchev–Trinajstić information content (AvgIpc) is 2.92. The molecule has 2 rings (SSSR count). The van der Waals surface area contributed by atoms with Gasteiger partial charge in [0.2, 0.25) is 0 Å². The third kappa shape index (κ3) is 3.01. The summed E-state index contributed by atoms with van der Waals surface area (Å²) in [6, 6.07) is 7.07. The van der Waals surface area contributed by atoms with Gasteiger partial charge in [0.1, 0.15) is 0 Å². The molecule has 4 nitrogen and oxygen atoms in total. The molecule has 1 heterocycles. The first-order valence-corrected chi connectivity index (χ1v) is 6.79. The molecule has 0 spiro atoms. The molecule has 1 saturated heterocycles. The molecule has 106 valence electrons. The van der Waals surface area contributed by atoms with Gasteiger partial charge in [-0.25, -0.2) is 0 Å². The van der Waals surface area contributed by atoms with Gasteiger partial charge in [0.25, 0.3) is 0 Å². The van der Waals surface area contributed by atoms with Gasteiger partial charge in [-0.3, -0.25) is 0 Å². The molecule has 1 aliphatic heterocycles. The summed E-state index contributed by atoms with van der Waals surface area (Å²) in [4.78, 5) is 2.27. The van der Waals surface area contributed by atoms with E-state index in [9.17, 15) is 0 Å². The molecular formula is C15H24N2O2. The highest BCUT2D eigenvalue weighted by molar-refractivity contribution is 5.44. The maximum atomic E-state index is 5.41. The Morgan fingerprint density at radius 2 is 1.95 bits per heavy atom. The van der Waals surface area contributed by atoms with Gasteiger partial charge in [-0.2, -0.15) is 0 Å². The Bertz CT molecular complexity index is 415. The Kier molecular flexibility index (Phi) is 4.66. The van der Waals surface area contributed by atoms with E-state index in [1.54, 1.807) is 14.2 Å². The molecule has 4 heteroatoms. The van der Waals surface area contributed by atoms with Crippen molar-refractivity contribution in [2.24, 2.45) is 0 Å². The topological polar surface area (TPSA) is 33.7 Å². The van der Waals surface area contributed by atoms with Crippen LogP contribution in [0.2, 0.25) is 0 Å². The normalized spacial score (nSPS) is 20.6. The van der Waals surface area contributed by atoms with E-state index in [2.05, 4.69) is 36.4 Å². The first-order valence-electron chi connectivity index (χ1n) is 6.79. The molecule has 1 fully saturated rings. The lowest BCUT2D eigenvalue weighted by molar-refractivity contribution is 0.243. The molecule has 2 atom stereocenters. The number of likely N-dealkylation sites (N-methyl/N-ethyl adjacent to an activating group) is 1. The Morgan fingerprint density at radius 1 is 1.21 bits per heavy atom. The Balaban J connectivity index is 2.30. The SMILES string of the molecule is COc1ccc(C(C2CCCN2)N(C)C)cc1OC. The van der Waals surface area contributed by atoms with Gasteiger partial charge < -0.3 is 19.7 Å². The highest BCUT2D eigenvalue weighted by Crippen LogP contribution is 2.34. The van der Waals surface area contributed by atoms with Crippen LogP contribution in [0.15, 0.2) is 18.2 Å². The average molecular weight is 264 g/mol. The van der Waals surface area contributed by atoms with E-state index >= 15 is 0 Å². The second kappa shape index (κ2) is 6.26. The fourth-order valence-corrected chi connectivity index (χ4v) is 2.91. The third-order valence-electron chi connectivity index (χ3n) is 3.79. The molecule has 0 amide bonds. The van der Waals surface area contributed by atoms with E-state index in [1.807, 2.05) is 6.07 Å². The van der Waals surface area contributed by atoms with Crippen LogP contribution in [0.3, 0.4) is 0 Å². The Hall–Kier alpha value is -1.26. The highest BCUT2D eigenvalue weighted by Gasteiger charge is 2.28. The number of ether oxygens (including phenoxy) is 2. The van der Waals surface area contributed by atoms with Crippen LogP contribution in [0.4, 0.5) is 0 Å². The van der Waals surface area contributed by atoms with Crippen LogP contribution in [0.1, 0.15) is 24.4 Å². The lowest BCUT2D eigenvalue weighted by Gasteiger charge is -2.31. The maximum Gasteiger partial charge on any atom is 0.161 e. The molecule has 19 heavy (non-hydrogen) atoms. The number of rotatable bonds is 5. The van der Waals surface area contributed by atoms with E-state index in [-0.39, 0.29) is 0 Å². The van der Waals surface area contributed by atoms with Crippen molar-refractivity contribution >= 4 is 0 Å². The van der Waals surface area contributed by atoms with Crippen LogP contribution in [0.5, 0.6) is 11.5 Å². The van der Waals surface area contributed by atoms with Gasteiger partial charge in [-0.1, -0.05) is 6.07 Å². The van der Waals surface area contributed by atoms with Crippen LogP contribution < -0.4 is 14.8 Å². The number of nitrogens with one attached hydrogen (secondary N) is 1. The molecule has 1 aliphatic rings. The fraction of sp³-hybridized carbons (Fsp3) is 0.600. The first kappa shape index (κ1) is 14.2. The summed E-state index contributed by atoms with van der Waals surface area (Å²) in [5.74, 6) is 1.58. The summed E-state index contributed by atoms with van der Waals surface area (Å²) < 4.78 is 10.7. The zero-order chi connectivity index (χ0) is 13.8. The predicted octanol–water partition coefficient (Wildman–Crippen LogP) is 2.06. The van der Waals surface area contributed by atoms with Gasteiger partial charge in [0.05, 0.1) is 14.2 Å². The van der Waals surface area contributed by atoms with Crippen molar-refractivity contribution in [2.75, 3.05) is 34.9 Å². The van der Waals surface area contributed by atoms with Crippen LogP contribution >= 0.6 is 0 Å². The van der Waals surface area contributed by atoms with Gasteiger partial charge in [0, 0.05) is 12.1 Å². The Labute approximate surface area is 115 Å². The molecule has 0 aromatic heterocycles. The molecule has 0 aliphatic carbocycles. The largest absolute Gasteiger partial charge is 0.493 e. The van der Waals surface area contributed by atoms with E-state index < -0.39 is 0 Å². The predicted molar refractivity (Wildman–Crippen MR) is 77.0 cm³/mol. The molecular weight excluding hydrogens is 240 g/mol. The lowest BCUT2D eigenvalue weighted by atomic mass is 9.96. The minimum Gasteiger partial charge on any atom is -0.493 e. The second-order valence-electron chi connectivity index (χ2n) is 5.23. The maximum absolute atomic E-state index is 5.41. The third-order valence-corrected chi connectivity index (χ3v) is 3.79. The fourth-order valence-electron chi connectivity index (χ4n) is 2.91. The highest BCUT2D eigenvalue weighted by atomic mass is 16.5. The van der Waals surface area contributed by atoms with Gasteiger partial charge in [-0.05, 0) is 51.2 Å². The van der Waals surface area contributed by atoms with Crippen molar-refractivity contribution in [1.29, 1.82) is 0 Å². The van der Waals surface area contributed by atoms with Gasteiger partial charge in [-0.15, -0.1) is 0 Å². The minimum absolute atomic E-state index is 0.363. The van der Waals surface area contributed by atoms with Crippen molar-refractivity contribution in [3.63, 3.8) is 0 Å². The smallest absolute Gasteiger partial charge is 0.161 e. The molecule has 1 aromatic rings. The minimum atomic E-state index is 0.363. The molecule has 1 aromatic carbocycles. The van der Waals surface area contributed by atoms with Crippen LogP contribution in [-0.2, 0) is 0 Å². The van der Waals surface area contributed by atoms with Crippen LogP contribution in [0, 0.1) is 0 Å². The number of nitrogens with zero attached hydrogens (tertiary/aromatic N) is 1. The first-order chi connectivity index (χ1) is 9.17. The van der Waals surface area contributed by atoms with Gasteiger partial charge in [0.15, 0.2) is 11.5 Å². The second-order valence-corrected chi connectivity index (χ2v) is 5.23. The van der Waals surface area contributed by atoms with Crippen molar-refractivity contribution in [2.45, 2.75) is 24.9 Å². The summed E-state index contributed by atoms with van der Waals surface area (Å²) in [6.07, 6.45) is 2.47. The zero-order valence-corrected chi connectivity index (χ0v) is 12.3. The van der Waals surface area contributed by atoms with Crippen molar-refractivity contribution in [3.05, 3.63) is 23.8 Å². The Morgan fingerprint density at radius 3 is 2.47 bits per heavy atom. The monoisotopic (exact) mass is 264 g/mol. The van der Waals surface area contributed by atoms with Crippen molar-refractivity contribution in [3.8, 4) is 11.5 Å². The van der Waals surface area contributed by atoms with Gasteiger partial charge >= 0.3 is 0 Å². The number of hydrogen-bond donors (Lipinski definition) is 1. The number of hydrogen-bond acceptors (Lipinski definition) is 4. The number of benzene rings is 1. The molecule has 0 radical (unpaired) electrons. The summed E-state index contributed by atoms with van der Waals surface area (Å²) in [6.45, 7) is 1.11. The van der Waals surface area contributed by atoms with E-state index in [0.717, 1.165) is 18.0 Å². The quantitative estimate of drug-likeness (QED) is 0.882. The van der Waals surface area contributed by atoms with E-state index in [1.165, 1.54) is 18.4 Å². The summed E-state index contributed by atoms with van der Waals surface area (Å²) in [7, 11) is 7.60. The van der Waals surface area contributed by atoms with Crippen LogP contribution in [-0.4, -0.2) is 45.8 Å². The molecule has 0 saturated carbocycles. The lowest BCUT2D eigenvalue weighted by Crippen LogP contribution is -2.37.